The second-order valence-corrected chi connectivity index (χ2v) is 6.05. The second kappa shape index (κ2) is 5.95. The average Bonchev–Trinajstić information content (AvgIpc) is 2.15. The third kappa shape index (κ3) is 4.86. The molecule has 0 radical (unpaired) electrons. The molecule has 0 saturated carbocycles. The van der Waals surface area contributed by atoms with Crippen molar-refractivity contribution in [2.45, 2.75) is 13.5 Å². The summed E-state index contributed by atoms with van der Waals surface area (Å²) in [6.07, 6.45) is -0.0472. The molecule has 78 valence electrons. The van der Waals surface area contributed by atoms with E-state index in [9.17, 15) is 4.79 Å². The molecule has 0 aromatic rings. The van der Waals surface area contributed by atoms with E-state index < -0.39 is 14.7 Å². The molecule has 13 heavy (non-hydrogen) atoms. The summed E-state index contributed by atoms with van der Waals surface area (Å²) in [5.41, 5.74) is 0. The lowest BCUT2D eigenvalue weighted by Gasteiger charge is -2.22. The molecule has 0 aliphatic rings. The molecule has 0 unspecified atom stereocenters. The van der Waals surface area contributed by atoms with Crippen molar-refractivity contribution in [2.75, 3.05) is 27.0 Å². The normalized spacial score (nSPS) is 11.1. The number of rotatable bonds is 5. The first-order chi connectivity index (χ1) is 6.08. The molecule has 0 saturated heterocycles. The molecule has 0 spiro atoms. The lowest BCUT2D eigenvalue weighted by molar-refractivity contribution is 0.151. The summed E-state index contributed by atoms with van der Waals surface area (Å²) in [6, 6.07) is 0. The number of hydrogen-bond donors (Lipinski definition) is 1. The first kappa shape index (κ1) is 12.4. The van der Waals surface area contributed by atoms with Crippen molar-refractivity contribution in [2.24, 2.45) is 0 Å². The van der Waals surface area contributed by atoms with Gasteiger partial charge in [0.05, 0.1) is 12.8 Å². The van der Waals surface area contributed by atoms with Crippen LogP contribution in [0.3, 0.4) is 0 Å². The van der Waals surface area contributed by atoms with E-state index in [1.54, 1.807) is 21.1 Å². The van der Waals surface area contributed by atoms with E-state index in [2.05, 4.69) is 10.1 Å². The van der Waals surface area contributed by atoms with Crippen LogP contribution in [0.15, 0.2) is 0 Å². The smallest absolute Gasteiger partial charge is 0.407 e. The zero-order valence-corrected chi connectivity index (χ0v) is 9.55. The van der Waals surface area contributed by atoms with E-state index in [1.165, 1.54) is 0 Å². The molecular weight excluding hydrogens is 190 g/mol. The number of carbonyl (C=O) groups excluding carboxylic acids is 1. The minimum absolute atomic E-state index is 0.365. The maximum Gasteiger partial charge on any atom is 0.407 e. The van der Waals surface area contributed by atoms with Gasteiger partial charge in [0.15, 0.2) is 0 Å². The Balaban J connectivity index is 3.78. The lowest BCUT2D eigenvalue weighted by atomic mass is 10.9. The molecule has 0 bridgehead atoms. The number of hydrogen-bond acceptors (Lipinski definition) is 4. The van der Waals surface area contributed by atoms with Crippen molar-refractivity contribution in [3.8, 4) is 0 Å². The monoisotopic (exact) mass is 207 g/mol. The van der Waals surface area contributed by atoms with Crippen molar-refractivity contribution >= 4 is 14.7 Å². The highest BCUT2D eigenvalue weighted by Crippen LogP contribution is 2.01. The topological polar surface area (TPSA) is 56.8 Å². The van der Waals surface area contributed by atoms with Crippen molar-refractivity contribution < 1.29 is 18.4 Å². The van der Waals surface area contributed by atoms with Gasteiger partial charge in [0.2, 0.25) is 0 Å². The molecule has 5 nitrogen and oxygen atoms in total. The summed E-state index contributed by atoms with van der Waals surface area (Å²) in [5.74, 6) is 0. The zero-order valence-electron chi connectivity index (χ0n) is 8.55. The minimum atomic E-state index is -2.20. The first-order valence-electron chi connectivity index (χ1n) is 4.09. The van der Waals surface area contributed by atoms with Crippen LogP contribution in [0, 0.1) is 0 Å². The van der Waals surface area contributed by atoms with Gasteiger partial charge in [-0.25, -0.2) is 4.79 Å². The van der Waals surface area contributed by atoms with E-state index >= 15 is 0 Å². The standard InChI is InChI=1S/C7H17NO4Si/c1-5-12-7(9)8-6-13(4,10-2)11-3/h5-6H2,1-4H3,(H,8,9). The summed E-state index contributed by atoms with van der Waals surface area (Å²) in [7, 11) is 0.943. The van der Waals surface area contributed by atoms with Crippen molar-refractivity contribution in [3.63, 3.8) is 0 Å². The Morgan fingerprint density at radius 3 is 2.31 bits per heavy atom. The Morgan fingerprint density at radius 2 is 1.92 bits per heavy atom. The Labute approximate surface area is 79.6 Å². The molecular formula is C7H17NO4Si. The lowest BCUT2D eigenvalue weighted by Crippen LogP contribution is -2.48. The Hall–Kier alpha value is -0.593. The molecule has 1 N–H and O–H groups in total. The highest BCUT2D eigenvalue weighted by atomic mass is 28.4. The van der Waals surface area contributed by atoms with Gasteiger partial charge in [0.25, 0.3) is 0 Å². The van der Waals surface area contributed by atoms with Crippen LogP contribution in [0.4, 0.5) is 4.79 Å². The number of amides is 1. The van der Waals surface area contributed by atoms with Crippen molar-refractivity contribution in [1.82, 2.24) is 5.32 Å². The molecule has 6 heteroatoms. The van der Waals surface area contributed by atoms with Crippen molar-refractivity contribution in [3.05, 3.63) is 0 Å². The van der Waals surface area contributed by atoms with Crippen LogP contribution in [-0.4, -0.2) is 41.6 Å². The fraction of sp³-hybridized carbons (Fsp3) is 0.857. The predicted molar refractivity (Wildman–Crippen MR) is 50.7 cm³/mol. The molecule has 0 atom stereocenters. The molecule has 0 aliphatic heterocycles. The third-order valence-corrected chi connectivity index (χ3v) is 4.24. The van der Waals surface area contributed by atoms with Crippen LogP contribution < -0.4 is 5.32 Å². The van der Waals surface area contributed by atoms with E-state index in [4.69, 9.17) is 8.85 Å². The van der Waals surface area contributed by atoms with Crippen LogP contribution in [0.2, 0.25) is 6.55 Å². The van der Waals surface area contributed by atoms with Crippen LogP contribution in [-0.2, 0) is 13.6 Å². The highest BCUT2D eigenvalue weighted by Gasteiger charge is 2.29. The van der Waals surface area contributed by atoms with Gasteiger partial charge in [-0.15, -0.1) is 0 Å². The van der Waals surface area contributed by atoms with Crippen molar-refractivity contribution in [1.29, 1.82) is 0 Å². The summed E-state index contributed by atoms with van der Waals surface area (Å²) in [5, 5.41) is 2.58. The van der Waals surface area contributed by atoms with E-state index in [-0.39, 0.29) is 0 Å². The SMILES string of the molecule is CCOC(=O)NC[Si](C)(OC)OC. The van der Waals surface area contributed by atoms with Gasteiger partial charge in [-0.3, -0.25) is 0 Å². The molecule has 0 rings (SSSR count). The molecule has 0 aliphatic carbocycles. The maximum absolute atomic E-state index is 10.9. The predicted octanol–water partition coefficient (Wildman–Crippen LogP) is 0.636. The van der Waals surface area contributed by atoms with Gasteiger partial charge in [0, 0.05) is 14.2 Å². The Kier molecular flexibility index (Phi) is 5.68. The maximum atomic E-state index is 10.9. The van der Waals surface area contributed by atoms with Crippen LogP contribution in [0.1, 0.15) is 6.92 Å². The largest absolute Gasteiger partial charge is 0.450 e. The fourth-order valence-corrected chi connectivity index (χ4v) is 1.56. The fourth-order valence-electron chi connectivity index (χ4n) is 0.643. The highest BCUT2D eigenvalue weighted by molar-refractivity contribution is 6.66. The number of nitrogens with one attached hydrogen (secondary N) is 1. The first-order valence-corrected chi connectivity index (χ1v) is 6.61. The van der Waals surface area contributed by atoms with Gasteiger partial charge < -0.3 is 18.9 Å². The molecule has 0 aromatic carbocycles. The quantitative estimate of drug-likeness (QED) is 0.672. The summed E-state index contributed by atoms with van der Waals surface area (Å²) in [4.78, 5) is 10.9. The van der Waals surface area contributed by atoms with Gasteiger partial charge in [-0.1, -0.05) is 0 Å². The van der Waals surface area contributed by atoms with Gasteiger partial charge in [-0.2, -0.15) is 0 Å². The molecule has 0 fully saturated rings. The molecule has 0 heterocycles. The van der Waals surface area contributed by atoms with E-state index in [0.717, 1.165) is 0 Å². The van der Waals surface area contributed by atoms with Gasteiger partial charge in [0.1, 0.15) is 0 Å². The number of alkyl carbamates (subject to hydrolysis) is 1. The van der Waals surface area contributed by atoms with E-state index in [1.807, 2.05) is 6.55 Å². The minimum Gasteiger partial charge on any atom is -0.450 e. The Morgan fingerprint density at radius 1 is 1.38 bits per heavy atom. The molecule has 1 amide bonds. The average molecular weight is 207 g/mol. The van der Waals surface area contributed by atoms with Crippen LogP contribution >= 0.6 is 0 Å². The zero-order chi connectivity index (χ0) is 10.3. The van der Waals surface area contributed by atoms with Crippen LogP contribution in [0.25, 0.3) is 0 Å². The van der Waals surface area contributed by atoms with Gasteiger partial charge >= 0.3 is 14.7 Å². The number of ether oxygens (including phenoxy) is 1. The summed E-state index contributed by atoms with van der Waals surface area (Å²) >= 11 is 0. The Bertz CT molecular complexity index is 161. The summed E-state index contributed by atoms with van der Waals surface area (Å²) < 4.78 is 15.0. The third-order valence-electron chi connectivity index (χ3n) is 1.69. The summed E-state index contributed by atoms with van der Waals surface area (Å²) in [6.45, 7) is 3.98. The number of carbonyl (C=O) groups is 1. The van der Waals surface area contributed by atoms with Gasteiger partial charge in [-0.05, 0) is 13.5 Å². The van der Waals surface area contributed by atoms with Crippen LogP contribution in [0.5, 0.6) is 0 Å². The van der Waals surface area contributed by atoms with E-state index in [0.29, 0.717) is 12.8 Å². The second-order valence-electron chi connectivity index (χ2n) is 2.62. The molecule has 0 aromatic heterocycles.